The Hall–Kier alpha value is 0.100. The van der Waals surface area contributed by atoms with Crippen molar-refractivity contribution in [3.05, 3.63) is 20.3 Å². The fourth-order valence-electron chi connectivity index (χ4n) is 3.08. The fourth-order valence-corrected chi connectivity index (χ4v) is 4.90. The molecule has 1 aromatic heterocycles. The molecule has 1 fully saturated rings. The number of fused-ring (bicyclic) bond motifs is 1. The standard InChI is InChI=1S/C14H20BrNOS/c1-9-8-17-6-5-11(9)16-12-3-2-4-13-10(12)7-14(15)18-13/h7,9,11-12,16H,2-6,8H2,1H3. The second kappa shape index (κ2) is 5.61. The molecule has 18 heavy (non-hydrogen) atoms. The van der Waals surface area contributed by atoms with E-state index in [1.807, 2.05) is 11.3 Å². The number of rotatable bonds is 2. The Labute approximate surface area is 121 Å². The molecule has 1 aliphatic carbocycles. The number of ether oxygens (including phenoxy) is 1. The second-order valence-electron chi connectivity index (χ2n) is 5.49. The maximum atomic E-state index is 5.53. The Morgan fingerprint density at radius 2 is 2.33 bits per heavy atom. The molecule has 0 radical (unpaired) electrons. The minimum absolute atomic E-state index is 0.557. The SMILES string of the molecule is CC1COCCC1NC1CCCc2sc(Br)cc21. The van der Waals surface area contributed by atoms with E-state index in [9.17, 15) is 0 Å². The minimum Gasteiger partial charge on any atom is -0.381 e. The summed E-state index contributed by atoms with van der Waals surface area (Å²) in [5.41, 5.74) is 1.54. The van der Waals surface area contributed by atoms with Crippen LogP contribution in [-0.2, 0) is 11.2 Å². The molecule has 1 aromatic rings. The number of hydrogen-bond donors (Lipinski definition) is 1. The van der Waals surface area contributed by atoms with Crippen LogP contribution in [0.4, 0.5) is 0 Å². The molecule has 3 atom stereocenters. The molecular weight excluding hydrogens is 310 g/mol. The number of nitrogens with one attached hydrogen (secondary N) is 1. The molecule has 1 saturated heterocycles. The topological polar surface area (TPSA) is 21.3 Å². The molecule has 0 aromatic carbocycles. The van der Waals surface area contributed by atoms with Gasteiger partial charge in [-0.05, 0) is 59.2 Å². The molecule has 100 valence electrons. The molecule has 4 heteroatoms. The molecule has 1 aliphatic heterocycles. The van der Waals surface area contributed by atoms with Gasteiger partial charge in [0.2, 0.25) is 0 Å². The van der Waals surface area contributed by atoms with E-state index < -0.39 is 0 Å². The Bertz CT molecular complexity index is 420. The van der Waals surface area contributed by atoms with Gasteiger partial charge < -0.3 is 10.1 Å². The zero-order valence-corrected chi connectivity index (χ0v) is 13.1. The molecule has 0 spiro atoms. The summed E-state index contributed by atoms with van der Waals surface area (Å²) in [6.45, 7) is 4.11. The lowest BCUT2D eigenvalue weighted by molar-refractivity contribution is 0.0351. The van der Waals surface area contributed by atoms with Crippen molar-refractivity contribution in [1.82, 2.24) is 5.32 Å². The Kier molecular flexibility index (Phi) is 4.09. The van der Waals surface area contributed by atoms with Gasteiger partial charge in [0, 0.05) is 23.6 Å². The van der Waals surface area contributed by atoms with Gasteiger partial charge in [0.25, 0.3) is 0 Å². The highest BCUT2D eigenvalue weighted by molar-refractivity contribution is 9.11. The van der Waals surface area contributed by atoms with Crippen molar-refractivity contribution in [3.63, 3.8) is 0 Å². The average Bonchev–Trinajstić information content (AvgIpc) is 2.73. The van der Waals surface area contributed by atoms with Gasteiger partial charge in [-0.2, -0.15) is 0 Å². The van der Waals surface area contributed by atoms with Crippen molar-refractivity contribution in [2.45, 2.75) is 44.7 Å². The first-order valence-electron chi connectivity index (χ1n) is 6.86. The Morgan fingerprint density at radius 3 is 3.17 bits per heavy atom. The molecule has 2 nitrogen and oxygen atoms in total. The van der Waals surface area contributed by atoms with Gasteiger partial charge >= 0.3 is 0 Å². The molecule has 3 unspecified atom stereocenters. The third-order valence-corrected chi connectivity index (χ3v) is 5.85. The number of aryl methyl sites for hydroxylation is 1. The summed E-state index contributed by atoms with van der Waals surface area (Å²) in [4.78, 5) is 1.57. The van der Waals surface area contributed by atoms with Crippen molar-refractivity contribution >= 4 is 27.3 Å². The van der Waals surface area contributed by atoms with Crippen molar-refractivity contribution in [2.24, 2.45) is 5.92 Å². The van der Waals surface area contributed by atoms with Crippen LogP contribution in [0.2, 0.25) is 0 Å². The third-order valence-electron chi connectivity index (χ3n) is 4.14. The van der Waals surface area contributed by atoms with Crippen LogP contribution >= 0.6 is 27.3 Å². The summed E-state index contributed by atoms with van der Waals surface area (Å²) in [6.07, 6.45) is 5.00. The van der Waals surface area contributed by atoms with Crippen molar-refractivity contribution in [2.75, 3.05) is 13.2 Å². The first-order valence-corrected chi connectivity index (χ1v) is 8.47. The third kappa shape index (κ3) is 2.67. The van der Waals surface area contributed by atoms with Gasteiger partial charge in [0.05, 0.1) is 10.4 Å². The molecule has 2 aliphatic rings. The van der Waals surface area contributed by atoms with E-state index in [2.05, 4.69) is 34.2 Å². The maximum Gasteiger partial charge on any atom is 0.0704 e. The van der Waals surface area contributed by atoms with Crippen LogP contribution < -0.4 is 5.32 Å². The summed E-state index contributed by atoms with van der Waals surface area (Å²) in [5, 5.41) is 3.88. The summed E-state index contributed by atoms with van der Waals surface area (Å²) in [6, 6.07) is 3.50. The molecule has 1 N–H and O–H groups in total. The van der Waals surface area contributed by atoms with Crippen molar-refractivity contribution < 1.29 is 4.74 Å². The predicted octanol–water partition coefficient (Wildman–Crippen LogP) is 3.90. The normalized spacial score (nSPS) is 32.2. The number of halogens is 1. The van der Waals surface area contributed by atoms with Gasteiger partial charge in [0.1, 0.15) is 0 Å². The fraction of sp³-hybridized carbons (Fsp3) is 0.714. The summed E-state index contributed by atoms with van der Waals surface area (Å²) < 4.78 is 6.81. The van der Waals surface area contributed by atoms with E-state index in [1.165, 1.54) is 28.6 Å². The highest BCUT2D eigenvalue weighted by Crippen LogP contribution is 2.38. The van der Waals surface area contributed by atoms with Crippen molar-refractivity contribution in [3.8, 4) is 0 Å². The van der Waals surface area contributed by atoms with Crippen LogP contribution in [0.5, 0.6) is 0 Å². The van der Waals surface area contributed by atoms with Crippen LogP contribution in [0.1, 0.15) is 42.7 Å². The van der Waals surface area contributed by atoms with Crippen LogP contribution in [0.25, 0.3) is 0 Å². The number of hydrogen-bond acceptors (Lipinski definition) is 3. The van der Waals surface area contributed by atoms with Gasteiger partial charge in [-0.15, -0.1) is 11.3 Å². The molecule has 0 saturated carbocycles. The lowest BCUT2D eigenvalue weighted by Crippen LogP contribution is -2.43. The van der Waals surface area contributed by atoms with Crippen LogP contribution in [0, 0.1) is 5.92 Å². The largest absolute Gasteiger partial charge is 0.381 e. The van der Waals surface area contributed by atoms with E-state index >= 15 is 0 Å². The predicted molar refractivity (Wildman–Crippen MR) is 79.2 cm³/mol. The second-order valence-corrected chi connectivity index (χ2v) is 8.00. The maximum absolute atomic E-state index is 5.53. The lowest BCUT2D eigenvalue weighted by atomic mass is 9.90. The van der Waals surface area contributed by atoms with E-state index in [-0.39, 0.29) is 0 Å². The van der Waals surface area contributed by atoms with Gasteiger partial charge in [0.15, 0.2) is 0 Å². The highest BCUT2D eigenvalue weighted by Gasteiger charge is 2.28. The van der Waals surface area contributed by atoms with Gasteiger partial charge in [-0.1, -0.05) is 6.92 Å². The van der Waals surface area contributed by atoms with E-state index in [1.54, 1.807) is 4.88 Å². The Morgan fingerprint density at radius 1 is 1.44 bits per heavy atom. The van der Waals surface area contributed by atoms with E-state index in [0.717, 1.165) is 19.6 Å². The van der Waals surface area contributed by atoms with Crippen molar-refractivity contribution in [1.29, 1.82) is 0 Å². The first kappa shape index (κ1) is 13.1. The van der Waals surface area contributed by atoms with E-state index in [4.69, 9.17) is 4.74 Å². The first-order chi connectivity index (χ1) is 8.74. The molecule has 0 bridgehead atoms. The van der Waals surface area contributed by atoms with Gasteiger partial charge in [-0.25, -0.2) is 0 Å². The summed E-state index contributed by atoms with van der Waals surface area (Å²) in [7, 11) is 0. The number of thiophene rings is 1. The minimum atomic E-state index is 0.557. The highest BCUT2D eigenvalue weighted by atomic mass is 79.9. The van der Waals surface area contributed by atoms with E-state index in [0.29, 0.717) is 18.0 Å². The quantitative estimate of drug-likeness (QED) is 0.888. The summed E-state index contributed by atoms with van der Waals surface area (Å²) >= 11 is 5.54. The molecular formula is C14H20BrNOS. The summed E-state index contributed by atoms with van der Waals surface area (Å²) in [5.74, 6) is 0.631. The zero-order valence-electron chi connectivity index (χ0n) is 10.7. The smallest absolute Gasteiger partial charge is 0.0704 e. The molecule has 3 rings (SSSR count). The van der Waals surface area contributed by atoms with Gasteiger partial charge in [-0.3, -0.25) is 0 Å². The van der Waals surface area contributed by atoms with Crippen LogP contribution in [-0.4, -0.2) is 19.3 Å². The average molecular weight is 330 g/mol. The lowest BCUT2D eigenvalue weighted by Gasteiger charge is -2.34. The van der Waals surface area contributed by atoms with Crippen LogP contribution in [0.3, 0.4) is 0 Å². The molecule has 2 heterocycles. The molecule has 0 amide bonds. The van der Waals surface area contributed by atoms with Crippen LogP contribution in [0.15, 0.2) is 9.85 Å². The zero-order chi connectivity index (χ0) is 12.5. The monoisotopic (exact) mass is 329 g/mol. The Balaban J connectivity index is 1.73.